The topological polar surface area (TPSA) is 64.4 Å². The molecular formula is C26H29ClN2O3S. The number of halogens is 1. The maximum absolute atomic E-state index is 10.7. The van der Waals surface area contributed by atoms with Crippen molar-refractivity contribution < 1.29 is 14.6 Å². The number of rotatable bonds is 9. The Morgan fingerprint density at radius 1 is 1.06 bits per heavy atom. The van der Waals surface area contributed by atoms with Gasteiger partial charge in [0.05, 0.1) is 6.61 Å². The van der Waals surface area contributed by atoms with Crippen LogP contribution >= 0.6 is 23.4 Å². The molecule has 1 aliphatic rings. The number of hydrogen-bond acceptors (Lipinski definition) is 4. The SMILES string of the molecule is CSc1c(-c2ccc(Cl)cc2)c(-c2ccccc2)nn1C[C@H]1CC[C@@H](COCC(=O)O)CC1. The lowest BCUT2D eigenvalue weighted by molar-refractivity contribution is -0.142. The number of carboxylic acids is 1. The molecule has 3 aromatic rings. The molecule has 1 aromatic heterocycles. The second-order valence-electron chi connectivity index (χ2n) is 8.58. The quantitative estimate of drug-likeness (QED) is 0.351. The number of carboxylic acid groups (broad SMARTS) is 1. The third kappa shape index (κ3) is 5.99. The number of aliphatic carboxylic acids is 1. The molecule has 0 amide bonds. The van der Waals surface area contributed by atoms with E-state index >= 15 is 0 Å². The minimum Gasteiger partial charge on any atom is -0.480 e. The van der Waals surface area contributed by atoms with Crippen LogP contribution in [0.4, 0.5) is 0 Å². The van der Waals surface area contributed by atoms with Crippen molar-refractivity contribution in [2.45, 2.75) is 37.3 Å². The number of aromatic nitrogens is 2. The van der Waals surface area contributed by atoms with Gasteiger partial charge in [-0.15, -0.1) is 11.8 Å². The molecular weight excluding hydrogens is 456 g/mol. The zero-order chi connectivity index (χ0) is 23.2. The Kier molecular flexibility index (Phi) is 8.12. The lowest BCUT2D eigenvalue weighted by atomic mass is 9.82. The highest BCUT2D eigenvalue weighted by molar-refractivity contribution is 7.98. The maximum Gasteiger partial charge on any atom is 0.329 e. The Morgan fingerprint density at radius 3 is 2.36 bits per heavy atom. The molecule has 5 nitrogen and oxygen atoms in total. The van der Waals surface area contributed by atoms with E-state index in [0.29, 0.717) is 18.4 Å². The monoisotopic (exact) mass is 484 g/mol. The second kappa shape index (κ2) is 11.2. The number of carbonyl (C=O) groups is 1. The molecule has 0 radical (unpaired) electrons. The molecule has 2 aromatic carbocycles. The average molecular weight is 485 g/mol. The summed E-state index contributed by atoms with van der Waals surface area (Å²) in [4.78, 5) is 10.7. The van der Waals surface area contributed by atoms with Gasteiger partial charge in [0.1, 0.15) is 17.3 Å². The lowest BCUT2D eigenvalue weighted by Crippen LogP contribution is -2.23. The predicted octanol–water partition coefficient (Wildman–Crippen LogP) is 6.50. The molecule has 0 atom stereocenters. The molecule has 0 saturated heterocycles. The van der Waals surface area contributed by atoms with Gasteiger partial charge < -0.3 is 9.84 Å². The fraction of sp³-hybridized carbons (Fsp3) is 0.385. The fourth-order valence-corrected chi connectivity index (χ4v) is 5.46. The lowest BCUT2D eigenvalue weighted by Gasteiger charge is -2.28. The third-order valence-corrected chi connectivity index (χ3v) is 7.31. The largest absolute Gasteiger partial charge is 0.480 e. The Hall–Kier alpha value is -2.28. The molecule has 1 N–H and O–H groups in total. The van der Waals surface area contributed by atoms with Gasteiger partial charge in [-0.1, -0.05) is 54.1 Å². The van der Waals surface area contributed by atoms with Crippen LogP contribution in [0.5, 0.6) is 0 Å². The molecule has 33 heavy (non-hydrogen) atoms. The molecule has 0 unspecified atom stereocenters. The number of ether oxygens (including phenoxy) is 1. The standard InChI is InChI=1S/C26H29ClN2O3S/c1-33-26-24(20-11-13-22(27)14-12-20)25(21-5-3-2-4-6-21)28-29(26)15-18-7-9-19(10-8-18)16-32-17-23(30)31/h2-6,11-14,18-19H,7-10,15-17H2,1H3,(H,30,31)/t18-,19+. The summed E-state index contributed by atoms with van der Waals surface area (Å²) in [6.45, 7) is 1.21. The van der Waals surface area contributed by atoms with Crippen molar-refractivity contribution in [2.75, 3.05) is 19.5 Å². The summed E-state index contributed by atoms with van der Waals surface area (Å²) in [6, 6.07) is 18.3. The molecule has 7 heteroatoms. The van der Waals surface area contributed by atoms with Gasteiger partial charge in [0.2, 0.25) is 0 Å². The summed E-state index contributed by atoms with van der Waals surface area (Å²) < 4.78 is 7.50. The highest BCUT2D eigenvalue weighted by Crippen LogP contribution is 2.40. The second-order valence-corrected chi connectivity index (χ2v) is 9.81. The van der Waals surface area contributed by atoms with Crippen molar-refractivity contribution >= 4 is 29.3 Å². The van der Waals surface area contributed by atoms with Crippen LogP contribution in [0.2, 0.25) is 5.02 Å². The molecule has 0 bridgehead atoms. The summed E-state index contributed by atoms with van der Waals surface area (Å²) in [6.07, 6.45) is 6.45. The van der Waals surface area contributed by atoms with Gasteiger partial charge in [-0.2, -0.15) is 5.10 Å². The van der Waals surface area contributed by atoms with E-state index in [-0.39, 0.29) is 6.61 Å². The normalized spacial score (nSPS) is 18.4. The highest BCUT2D eigenvalue weighted by Gasteiger charge is 2.25. The zero-order valence-corrected chi connectivity index (χ0v) is 20.3. The first-order chi connectivity index (χ1) is 16.0. The van der Waals surface area contributed by atoms with Crippen LogP contribution in [0.3, 0.4) is 0 Å². The highest BCUT2D eigenvalue weighted by atomic mass is 35.5. The molecule has 4 rings (SSSR count). The van der Waals surface area contributed by atoms with Crippen LogP contribution in [0.15, 0.2) is 59.6 Å². The summed E-state index contributed by atoms with van der Waals surface area (Å²) in [5.41, 5.74) is 4.38. The van der Waals surface area contributed by atoms with Crippen molar-refractivity contribution in [2.24, 2.45) is 11.8 Å². The maximum atomic E-state index is 10.7. The summed E-state index contributed by atoms with van der Waals surface area (Å²) >= 11 is 7.89. The molecule has 0 spiro atoms. The zero-order valence-electron chi connectivity index (χ0n) is 18.7. The van der Waals surface area contributed by atoms with E-state index < -0.39 is 5.97 Å². The first-order valence-corrected chi connectivity index (χ1v) is 12.9. The number of nitrogens with zero attached hydrogens (tertiary/aromatic N) is 2. The van der Waals surface area contributed by atoms with Gasteiger partial charge in [0, 0.05) is 22.7 Å². The summed E-state index contributed by atoms with van der Waals surface area (Å²) in [5.74, 6) is 0.0913. The first-order valence-electron chi connectivity index (χ1n) is 11.3. The minimum absolute atomic E-state index is 0.208. The van der Waals surface area contributed by atoms with E-state index in [1.165, 1.54) is 5.03 Å². The average Bonchev–Trinajstić information content (AvgIpc) is 3.19. The van der Waals surface area contributed by atoms with Gasteiger partial charge in [-0.3, -0.25) is 4.68 Å². The van der Waals surface area contributed by atoms with E-state index in [0.717, 1.165) is 59.6 Å². The van der Waals surface area contributed by atoms with E-state index in [4.69, 9.17) is 26.5 Å². The minimum atomic E-state index is -0.905. The Labute approximate surface area is 204 Å². The Bertz CT molecular complexity index is 1060. The molecule has 1 fully saturated rings. The summed E-state index contributed by atoms with van der Waals surface area (Å²) in [7, 11) is 0. The third-order valence-electron chi connectivity index (χ3n) is 6.26. The predicted molar refractivity (Wildman–Crippen MR) is 134 cm³/mol. The Balaban J connectivity index is 1.55. The van der Waals surface area contributed by atoms with Crippen molar-refractivity contribution in [3.63, 3.8) is 0 Å². The van der Waals surface area contributed by atoms with Crippen molar-refractivity contribution in [1.29, 1.82) is 0 Å². The molecule has 1 saturated carbocycles. The van der Waals surface area contributed by atoms with E-state index in [1.54, 1.807) is 11.8 Å². The fourth-order valence-electron chi connectivity index (χ4n) is 4.59. The Morgan fingerprint density at radius 2 is 1.73 bits per heavy atom. The van der Waals surface area contributed by atoms with Gasteiger partial charge >= 0.3 is 5.97 Å². The van der Waals surface area contributed by atoms with E-state index in [9.17, 15) is 4.79 Å². The van der Waals surface area contributed by atoms with Gasteiger partial charge in [-0.05, 0) is 61.5 Å². The van der Waals surface area contributed by atoms with Crippen molar-refractivity contribution in [3.05, 3.63) is 59.6 Å². The van der Waals surface area contributed by atoms with Gasteiger partial charge in [0.25, 0.3) is 0 Å². The number of hydrogen-bond donors (Lipinski definition) is 1. The van der Waals surface area contributed by atoms with Crippen LogP contribution < -0.4 is 0 Å². The molecule has 0 aliphatic heterocycles. The molecule has 174 valence electrons. The number of benzene rings is 2. The van der Waals surface area contributed by atoms with Crippen LogP contribution in [0, 0.1) is 11.8 Å². The van der Waals surface area contributed by atoms with Crippen molar-refractivity contribution in [3.8, 4) is 22.4 Å². The van der Waals surface area contributed by atoms with E-state index in [2.05, 4.69) is 35.2 Å². The summed E-state index contributed by atoms with van der Waals surface area (Å²) in [5, 5.41) is 15.8. The first kappa shape index (κ1) is 23.9. The smallest absolute Gasteiger partial charge is 0.329 e. The van der Waals surface area contributed by atoms with Crippen LogP contribution in [0.25, 0.3) is 22.4 Å². The van der Waals surface area contributed by atoms with Gasteiger partial charge in [0.15, 0.2) is 0 Å². The van der Waals surface area contributed by atoms with Crippen molar-refractivity contribution in [1.82, 2.24) is 9.78 Å². The number of thioether (sulfide) groups is 1. The van der Waals surface area contributed by atoms with Crippen LogP contribution in [-0.4, -0.2) is 40.3 Å². The molecule has 1 heterocycles. The van der Waals surface area contributed by atoms with Crippen LogP contribution in [0.1, 0.15) is 25.7 Å². The molecule has 1 aliphatic carbocycles. The van der Waals surface area contributed by atoms with Gasteiger partial charge in [-0.25, -0.2) is 4.79 Å². The van der Waals surface area contributed by atoms with E-state index in [1.807, 2.05) is 30.3 Å². The van der Waals surface area contributed by atoms with Crippen LogP contribution in [-0.2, 0) is 16.1 Å².